The molecular formula is C20H21N5O3. The first-order chi connectivity index (χ1) is 13.4. The number of hydrogen-bond acceptors (Lipinski definition) is 8. The fourth-order valence-corrected chi connectivity index (χ4v) is 3.75. The molecule has 0 unspecified atom stereocenters. The summed E-state index contributed by atoms with van der Waals surface area (Å²) >= 11 is 0. The van der Waals surface area contributed by atoms with Gasteiger partial charge in [-0.2, -0.15) is 10.2 Å². The van der Waals surface area contributed by atoms with Crippen molar-refractivity contribution in [1.29, 1.82) is 5.26 Å². The fourth-order valence-electron chi connectivity index (χ4n) is 3.75. The number of phenols is 1. The number of oxazole rings is 1. The molecule has 1 aromatic carbocycles. The van der Waals surface area contributed by atoms with Crippen molar-refractivity contribution in [2.45, 2.75) is 25.5 Å². The van der Waals surface area contributed by atoms with E-state index in [0.29, 0.717) is 47.0 Å². The second-order valence-corrected chi connectivity index (χ2v) is 7.29. The lowest BCUT2D eigenvalue weighted by atomic mass is 10.0. The fraction of sp³-hybridized carbons (Fsp3) is 0.350. The number of nitrogens with one attached hydrogen (secondary N) is 1. The van der Waals surface area contributed by atoms with Crippen LogP contribution in [0.4, 0.5) is 6.01 Å². The molecule has 8 heteroatoms. The maximum Gasteiger partial charge on any atom is 0.297 e. The third kappa shape index (κ3) is 3.50. The number of benzene rings is 1. The summed E-state index contributed by atoms with van der Waals surface area (Å²) in [6.45, 7) is 3.26. The number of likely N-dealkylation sites (tertiary alicyclic amines) is 1. The van der Waals surface area contributed by atoms with Gasteiger partial charge in [-0.1, -0.05) is 0 Å². The smallest absolute Gasteiger partial charge is 0.297 e. The lowest BCUT2D eigenvalue weighted by Crippen LogP contribution is -2.46. The number of aliphatic hydroxyl groups excluding tert-OH is 1. The Kier molecular flexibility index (Phi) is 4.63. The van der Waals surface area contributed by atoms with Crippen LogP contribution in [0.3, 0.4) is 0 Å². The van der Waals surface area contributed by atoms with Crippen molar-refractivity contribution in [2.75, 3.05) is 25.5 Å². The minimum Gasteiger partial charge on any atom is -0.507 e. The summed E-state index contributed by atoms with van der Waals surface area (Å²) in [7, 11) is 1.96. The Bertz CT molecular complexity index is 1040. The van der Waals surface area contributed by atoms with Crippen molar-refractivity contribution < 1.29 is 14.6 Å². The number of piperidine rings is 1. The number of likely N-dealkylation sites (N-methyl/N-ethyl adjacent to an activating group) is 1. The first-order valence-electron chi connectivity index (χ1n) is 9.07. The molecule has 0 radical (unpaired) electrons. The van der Waals surface area contributed by atoms with Gasteiger partial charge in [-0.3, -0.25) is 0 Å². The highest BCUT2D eigenvalue weighted by Crippen LogP contribution is 2.33. The monoisotopic (exact) mass is 379 g/mol. The summed E-state index contributed by atoms with van der Waals surface area (Å²) in [6, 6.07) is 9.06. The van der Waals surface area contributed by atoms with Crippen molar-refractivity contribution in [3.8, 4) is 23.1 Å². The summed E-state index contributed by atoms with van der Waals surface area (Å²) in [5.41, 5.74) is 3.22. The molecule has 28 heavy (non-hydrogen) atoms. The van der Waals surface area contributed by atoms with Crippen molar-refractivity contribution in [1.82, 2.24) is 14.9 Å². The molecule has 0 bridgehead atoms. The number of aliphatic hydroxyl groups is 1. The molecule has 2 aromatic heterocycles. The molecule has 3 aromatic rings. The number of pyridine rings is 1. The van der Waals surface area contributed by atoms with E-state index < -0.39 is 0 Å². The van der Waals surface area contributed by atoms with E-state index in [4.69, 9.17) is 9.68 Å². The van der Waals surface area contributed by atoms with Crippen molar-refractivity contribution in [2.24, 2.45) is 0 Å². The van der Waals surface area contributed by atoms with Gasteiger partial charge in [-0.05, 0) is 50.2 Å². The second kappa shape index (κ2) is 7.11. The highest BCUT2D eigenvalue weighted by atomic mass is 16.4. The lowest BCUT2D eigenvalue weighted by Gasteiger charge is -2.33. The van der Waals surface area contributed by atoms with E-state index in [1.807, 2.05) is 20.0 Å². The number of phenolic OH excluding ortho intramolecular Hbond substituents is 1. The molecule has 1 saturated heterocycles. The molecule has 3 N–H and O–H groups in total. The molecule has 4 rings (SSSR count). The van der Waals surface area contributed by atoms with E-state index in [-0.39, 0.29) is 17.9 Å². The number of fused-ring (bicyclic) bond motifs is 1. The van der Waals surface area contributed by atoms with Gasteiger partial charge in [-0.15, -0.1) is 0 Å². The van der Waals surface area contributed by atoms with Crippen LogP contribution in [-0.4, -0.2) is 57.4 Å². The van der Waals surface area contributed by atoms with Gasteiger partial charge >= 0.3 is 0 Å². The van der Waals surface area contributed by atoms with Gasteiger partial charge < -0.3 is 24.8 Å². The molecule has 2 atom stereocenters. The Morgan fingerprint density at radius 3 is 2.82 bits per heavy atom. The minimum absolute atomic E-state index is 0.00414. The average molecular weight is 379 g/mol. The molecule has 144 valence electrons. The minimum atomic E-state index is -0.382. The van der Waals surface area contributed by atoms with Gasteiger partial charge in [0, 0.05) is 24.7 Å². The molecule has 3 heterocycles. The van der Waals surface area contributed by atoms with Crippen LogP contribution < -0.4 is 5.32 Å². The molecule has 1 fully saturated rings. The van der Waals surface area contributed by atoms with Crippen LogP contribution in [-0.2, 0) is 0 Å². The lowest BCUT2D eigenvalue weighted by molar-refractivity contribution is 0.0775. The number of β-amino-alcohol motifs (C(OH)–C–C–N with tert-alkyl or cyclic N) is 1. The normalized spacial score (nSPS) is 20.2. The molecule has 8 nitrogen and oxygen atoms in total. The van der Waals surface area contributed by atoms with Gasteiger partial charge in [0.15, 0.2) is 5.58 Å². The van der Waals surface area contributed by atoms with E-state index in [1.165, 1.54) is 6.07 Å². The zero-order valence-electron chi connectivity index (χ0n) is 15.7. The van der Waals surface area contributed by atoms with E-state index in [1.54, 1.807) is 18.2 Å². The van der Waals surface area contributed by atoms with E-state index in [0.717, 1.165) is 12.1 Å². The van der Waals surface area contributed by atoms with Crippen LogP contribution in [0.1, 0.15) is 17.5 Å². The first kappa shape index (κ1) is 18.2. The summed E-state index contributed by atoms with van der Waals surface area (Å²) in [4.78, 5) is 11.0. The molecule has 0 amide bonds. The maximum absolute atomic E-state index is 10.3. The van der Waals surface area contributed by atoms with Crippen LogP contribution in [0.5, 0.6) is 5.75 Å². The zero-order valence-corrected chi connectivity index (χ0v) is 15.7. The third-order valence-corrected chi connectivity index (χ3v) is 4.89. The summed E-state index contributed by atoms with van der Waals surface area (Å²) < 4.78 is 5.74. The number of anilines is 1. The SMILES string of the molecule is Cc1cc(C#N)cc(O)c1-c1ccc2oc(N[C@@H]3C[C@H](O)CN(C)C3)nc2n1. The van der Waals surface area contributed by atoms with Gasteiger partial charge in [-0.25, -0.2) is 4.98 Å². The maximum atomic E-state index is 10.3. The van der Waals surface area contributed by atoms with Gasteiger partial charge in [0.2, 0.25) is 5.65 Å². The Morgan fingerprint density at radius 2 is 2.11 bits per heavy atom. The van der Waals surface area contributed by atoms with E-state index in [2.05, 4.69) is 20.2 Å². The Morgan fingerprint density at radius 1 is 1.29 bits per heavy atom. The number of aromatic nitrogens is 2. The van der Waals surface area contributed by atoms with Crippen molar-refractivity contribution >= 4 is 17.2 Å². The molecule has 0 aliphatic carbocycles. The Balaban J connectivity index is 1.63. The standard InChI is InChI=1S/C20H21N5O3/c1-11-5-12(8-21)6-16(27)18(11)15-3-4-17-19(23-15)24-20(28-17)22-13-7-14(26)10-25(2)9-13/h3-6,13-14,26-27H,7,9-10H2,1-2H3,(H,22,23,24)/t13-,14+/m1/s1. The first-order valence-corrected chi connectivity index (χ1v) is 9.07. The molecular weight excluding hydrogens is 358 g/mol. The van der Waals surface area contributed by atoms with Gasteiger partial charge in [0.05, 0.1) is 23.4 Å². The largest absolute Gasteiger partial charge is 0.507 e. The third-order valence-electron chi connectivity index (χ3n) is 4.89. The van der Waals surface area contributed by atoms with Gasteiger partial charge in [0.25, 0.3) is 6.01 Å². The molecule has 0 spiro atoms. The molecule has 1 aliphatic heterocycles. The quantitative estimate of drug-likeness (QED) is 0.634. The number of aromatic hydroxyl groups is 1. The predicted octanol–water partition coefficient (Wildman–Crippen LogP) is 2.25. The number of rotatable bonds is 3. The number of hydrogen-bond donors (Lipinski definition) is 3. The Labute approximate surface area is 162 Å². The summed E-state index contributed by atoms with van der Waals surface area (Å²) in [5, 5.41) is 32.5. The van der Waals surface area contributed by atoms with Crippen molar-refractivity contribution in [3.63, 3.8) is 0 Å². The average Bonchev–Trinajstić information content (AvgIpc) is 3.01. The van der Waals surface area contributed by atoms with Crippen LogP contribution >= 0.6 is 0 Å². The topological polar surface area (TPSA) is 118 Å². The van der Waals surface area contributed by atoms with Crippen LogP contribution in [0, 0.1) is 18.3 Å². The number of nitriles is 1. The van der Waals surface area contributed by atoms with Crippen LogP contribution in [0.15, 0.2) is 28.7 Å². The van der Waals surface area contributed by atoms with Crippen LogP contribution in [0.2, 0.25) is 0 Å². The van der Waals surface area contributed by atoms with Crippen molar-refractivity contribution in [3.05, 3.63) is 35.4 Å². The highest BCUT2D eigenvalue weighted by Gasteiger charge is 2.25. The summed E-state index contributed by atoms with van der Waals surface area (Å²) in [6.07, 6.45) is 0.243. The van der Waals surface area contributed by atoms with E-state index >= 15 is 0 Å². The highest BCUT2D eigenvalue weighted by molar-refractivity contribution is 5.78. The zero-order chi connectivity index (χ0) is 19.8. The van der Waals surface area contributed by atoms with Crippen LogP contribution in [0.25, 0.3) is 22.5 Å². The predicted molar refractivity (Wildman–Crippen MR) is 104 cm³/mol. The Hall–Kier alpha value is -3.15. The molecule has 1 aliphatic rings. The number of nitrogens with zero attached hydrogens (tertiary/aromatic N) is 4. The van der Waals surface area contributed by atoms with E-state index in [9.17, 15) is 10.2 Å². The number of aryl methyl sites for hydroxylation is 1. The molecule has 0 saturated carbocycles. The van der Waals surface area contributed by atoms with Gasteiger partial charge in [0.1, 0.15) is 5.75 Å². The second-order valence-electron chi connectivity index (χ2n) is 7.29. The summed E-state index contributed by atoms with van der Waals surface area (Å²) in [5.74, 6) is 0.00414.